The molecule has 0 radical (unpaired) electrons. The van der Waals surface area contributed by atoms with Gasteiger partial charge in [0.05, 0.1) is 0 Å². The molecule has 0 fully saturated rings. The molecule has 30 heavy (non-hydrogen) atoms. The number of hydrogen-bond acceptors (Lipinski definition) is 0. The van der Waals surface area contributed by atoms with Gasteiger partial charge in [0, 0.05) is 21.9 Å². The molecule has 0 saturated heterocycles. The second kappa shape index (κ2) is 8.97. The Labute approximate surface area is 188 Å². The SMILES string of the molecule is [Ni].c1ccc([P+](c2ccccc2)(c2ccccc2)c2cccc3ccccc23)cc1. The van der Waals surface area contributed by atoms with Crippen molar-refractivity contribution in [2.24, 2.45) is 0 Å². The van der Waals surface area contributed by atoms with Gasteiger partial charge >= 0.3 is 0 Å². The molecule has 0 nitrogen and oxygen atoms in total. The van der Waals surface area contributed by atoms with Gasteiger partial charge in [0.1, 0.15) is 28.5 Å². The van der Waals surface area contributed by atoms with E-state index in [1.54, 1.807) is 0 Å². The molecule has 0 aliphatic heterocycles. The minimum atomic E-state index is -2.05. The summed E-state index contributed by atoms with van der Waals surface area (Å²) in [7, 11) is -2.05. The molecule has 0 saturated carbocycles. The minimum Gasteiger partial charge on any atom is -0.0620 e. The first-order valence-electron chi connectivity index (χ1n) is 9.95. The number of rotatable bonds is 4. The Morgan fingerprint density at radius 1 is 0.367 bits per heavy atom. The predicted octanol–water partition coefficient (Wildman–Crippen LogP) is 5.46. The Morgan fingerprint density at radius 2 is 0.767 bits per heavy atom. The van der Waals surface area contributed by atoms with E-state index in [1.807, 2.05) is 0 Å². The maximum Gasteiger partial charge on any atom is 0.144 e. The third-order valence-corrected chi connectivity index (χ3v) is 9.89. The molecule has 0 aliphatic rings. The Hall–Kier alpha value is -2.72. The van der Waals surface area contributed by atoms with Crippen LogP contribution in [-0.2, 0) is 16.5 Å². The zero-order chi connectivity index (χ0) is 19.5. The maximum absolute atomic E-state index is 2.34. The van der Waals surface area contributed by atoms with Gasteiger partial charge in [-0.1, -0.05) is 91.0 Å². The molecule has 5 aromatic rings. The van der Waals surface area contributed by atoms with Gasteiger partial charge in [0.2, 0.25) is 0 Å². The van der Waals surface area contributed by atoms with E-state index in [9.17, 15) is 0 Å². The van der Waals surface area contributed by atoms with Crippen LogP contribution in [0.1, 0.15) is 0 Å². The molecule has 0 unspecified atom stereocenters. The van der Waals surface area contributed by atoms with Crippen LogP contribution in [0.4, 0.5) is 0 Å². The average molecular weight is 448 g/mol. The van der Waals surface area contributed by atoms with Gasteiger partial charge < -0.3 is 0 Å². The molecule has 0 aliphatic carbocycles. The van der Waals surface area contributed by atoms with E-state index in [4.69, 9.17) is 0 Å². The summed E-state index contributed by atoms with van der Waals surface area (Å²) in [5, 5.41) is 8.19. The summed E-state index contributed by atoms with van der Waals surface area (Å²) in [6.45, 7) is 0. The van der Waals surface area contributed by atoms with Gasteiger partial charge in [0.25, 0.3) is 0 Å². The second-order valence-corrected chi connectivity index (χ2v) is 10.5. The van der Waals surface area contributed by atoms with Gasteiger partial charge in [-0.15, -0.1) is 0 Å². The quantitative estimate of drug-likeness (QED) is 0.253. The molecule has 5 rings (SSSR count). The molecule has 0 spiro atoms. The normalized spacial score (nSPS) is 11.1. The summed E-state index contributed by atoms with van der Waals surface area (Å²) in [6, 6.07) is 48.7. The molecular weight excluding hydrogens is 426 g/mol. The summed E-state index contributed by atoms with van der Waals surface area (Å²) < 4.78 is 0. The topological polar surface area (TPSA) is 0 Å². The summed E-state index contributed by atoms with van der Waals surface area (Å²) in [5.74, 6) is 0. The van der Waals surface area contributed by atoms with Crippen LogP contribution in [0.5, 0.6) is 0 Å². The van der Waals surface area contributed by atoms with Crippen LogP contribution in [0.3, 0.4) is 0 Å². The van der Waals surface area contributed by atoms with Gasteiger partial charge in [-0.3, -0.25) is 0 Å². The number of hydrogen-bond donors (Lipinski definition) is 0. The van der Waals surface area contributed by atoms with Gasteiger partial charge in [-0.05, 0) is 47.9 Å². The van der Waals surface area contributed by atoms with E-state index in [-0.39, 0.29) is 16.5 Å². The molecule has 5 aromatic carbocycles. The van der Waals surface area contributed by atoms with Crippen molar-refractivity contribution >= 4 is 39.3 Å². The zero-order valence-corrected chi connectivity index (χ0v) is 18.3. The Kier molecular flexibility index (Phi) is 6.14. The summed E-state index contributed by atoms with van der Waals surface area (Å²) in [4.78, 5) is 0. The van der Waals surface area contributed by atoms with Crippen LogP contribution in [0.2, 0.25) is 0 Å². The van der Waals surface area contributed by atoms with Crippen molar-refractivity contribution in [3.8, 4) is 0 Å². The molecule has 0 atom stereocenters. The van der Waals surface area contributed by atoms with E-state index >= 15 is 0 Å². The summed E-state index contributed by atoms with van der Waals surface area (Å²) in [6.07, 6.45) is 0. The standard InChI is InChI=1S/C28H22P.Ni/c1-4-15-24(16-5-1)29(25-17-6-2-7-18-25,26-19-8-3-9-20-26)28-22-12-14-23-13-10-11-21-27(23)28;/h1-22H;/q+1;. The fourth-order valence-corrected chi connectivity index (χ4v) is 8.78. The Morgan fingerprint density at radius 3 is 1.27 bits per heavy atom. The van der Waals surface area contributed by atoms with Crippen LogP contribution in [0.15, 0.2) is 133 Å². The third kappa shape index (κ3) is 3.39. The van der Waals surface area contributed by atoms with Crippen molar-refractivity contribution in [3.05, 3.63) is 133 Å². The largest absolute Gasteiger partial charge is 0.144 e. The third-order valence-electron chi connectivity index (χ3n) is 5.56. The molecule has 0 bridgehead atoms. The fraction of sp³-hybridized carbons (Fsp3) is 0. The van der Waals surface area contributed by atoms with E-state index < -0.39 is 7.26 Å². The molecule has 0 N–H and O–H groups in total. The molecular formula is C28H22NiP+. The van der Waals surface area contributed by atoms with Crippen molar-refractivity contribution in [2.45, 2.75) is 0 Å². The Balaban J connectivity index is 0.00000218. The van der Waals surface area contributed by atoms with E-state index in [0.717, 1.165) is 0 Å². The Bertz CT molecular complexity index is 1130. The van der Waals surface area contributed by atoms with E-state index in [0.29, 0.717) is 0 Å². The van der Waals surface area contributed by atoms with Crippen LogP contribution in [-0.4, -0.2) is 0 Å². The van der Waals surface area contributed by atoms with Crippen LogP contribution in [0.25, 0.3) is 10.8 Å². The average Bonchev–Trinajstić information content (AvgIpc) is 2.82. The van der Waals surface area contributed by atoms with Crippen LogP contribution >= 0.6 is 7.26 Å². The monoisotopic (exact) mass is 447 g/mol. The first-order chi connectivity index (χ1) is 14.4. The maximum atomic E-state index is 2.34. The zero-order valence-electron chi connectivity index (χ0n) is 16.5. The van der Waals surface area contributed by atoms with Crippen LogP contribution in [0, 0.1) is 0 Å². The molecule has 2 heteroatoms. The van der Waals surface area contributed by atoms with Gasteiger partial charge in [-0.2, -0.15) is 0 Å². The number of fused-ring (bicyclic) bond motifs is 1. The van der Waals surface area contributed by atoms with E-state index in [1.165, 1.54) is 32.0 Å². The van der Waals surface area contributed by atoms with Crippen LogP contribution < -0.4 is 21.2 Å². The fourth-order valence-electron chi connectivity index (χ4n) is 4.32. The summed E-state index contributed by atoms with van der Waals surface area (Å²) in [5.41, 5.74) is 0. The van der Waals surface area contributed by atoms with Crippen molar-refractivity contribution in [2.75, 3.05) is 0 Å². The van der Waals surface area contributed by atoms with Gasteiger partial charge in [0.15, 0.2) is 0 Å². The van der Waals surface area contributed by atoms with E-state index in [2.05, 4.69) is 133 Å². The van der Waals surface area contributed by atoms with Crippen molar-refractivity contribution < 1.29 is 16.5 Å². The molecule has 0 amide bonds. The molecule has 0 aromatic heterocycles. The van der Waals surface area contributed by atoms with Crippen molar-refractivity contribution in [1.29, 1.82) is 0 Å². The van der Waals surface area contributed by atoms with Crippen molar-refractivity contribution in [3.63, 3.8) is 0 Å². The first-order valence-corrected chi connectivity index (χ1v) is 11.7. The summed E-state index contributed by atoms with van der Waals surface area (Å²) >= 11 is 0. The smallest absolute Gasteiger partial charge is 0.0620 e. The van der Waals surface area contributed by atoms with Gasteiger partial charge in [-0.25, -0.2) is 0 Å². The molecule has 148 valence electrons. The van der Waals surface area contributed by atoms with Crippen molar-refractivity contribution in [1.82, 2.24) is 0 Å². The first kappa shape index (κ1) is 20.6. The molecule has 0 heterocycles. The number of benzene rings is 5. The predicted molar refractivity (Wildman–Crippen MR) is 129 cm³/mol. The second-order valence-electron chi connectivity index (χ2n) is 7.18. The minimum absolute atomic E-state index is 0.